The van der Waals surface area contributed by atoms with Crippen LogP contribution in [0.5, 0.6) is 0 Å². The van der Waals surface area contributed by atoms with Crippen molar-refractivity contribution in [3.8, 4) is 0 Å². The number of hydrogen-bond acceptors (Lipinski definition) is 3. The smallest absolute Gasteiger partial charge is 0.133 e. The fourth-order valence-corrected chi connectivity index (χ4v) is 2.21. The molecule has 0 saturated heterocycles. The normalized spacial score (nSPS) is 12.7. The van der Waals surface area contributed by atoms with Gasteiger partial charge in [-0.3, -0.25) is 4.79 Å². The topological polar surface area (TPSA) is 57.5 Å². The molecule has 0 bridgehead atoms. The van der Waals surface area contributed by atoms with Gasteiger partial charge >= 0.3 is 0 Å². The molecule has 0 amide bonds. The molecule has 110 valence electrons. The summed E-state index contributed by atoms with van der Waals surface area (Å²) in [5, 5.41) is 17.5. The Morgan fingerprint density at radius 3 is 2.50 bits per heavy atom. The molecule has 0 saturated carbocycles. The Hall–Kier alpha value is -1.45. The number of ketones is 1. The van der Waals surface area contributed by atoms with Gasteiger partial charge in [-0.15, -0.1) is 0 Å². The highest BCUT2D eigenvalue weighted by Gasteiger charge is 2.14. The van der Waals surface area contributed by atoms with Crippen molar-refractivity contribution in [3.05, 3.63) is 48.0 Å². The summed E-state index contributed by atoms with van der Waals surface area (Å²) in [6, 6.07) is 10.0. The van der Waals surface area contributed by atoms with Gasteiger partial charge in [0.1, 0.15) is 5.78 Å². The van der Waals surface area contributed by atoms with Crippen molar-refractivity contribution in [3.63, 3.8) is 0 Å². The number of Topliss-reactive ketones (excluding diaryl/α,β-unsaturated/α-hetero) is 1. The Bertz CT molecular complexity index is 398. The Balaban J connectivity index is 2.58. The molecule has 0 radical (unpaired) electrons. The second kappa shape index (κ2) is 10.4. The minimum atomic E-state index is 0.0337. The lowest BCUT2D eigenvalue weighted by atomic mass is 9.89. The molecular formula is C17H24O3. The van der Waals surface area contributed by atoms with Crippen LogP contribution in [0.3, 0.4) is 0 Å². The van der Waals surface area contributed by atoms with Crippen molar-refractivity contribution in [1.82, 2.24) is 0 Å². The average molecular weight is 276 g/mol. The predicted molar refractivity (Wildman–Crippen MR) is 80.6 cm³/mol. The van der Waals surface area contributed by atoms with E-state index in [9.17, 15) is 4.79 Å². The molecule has 1 aromatic carbocycles. The Labute approximate surface area is 121 Å². The zero-order valence-electron chi connectivity index (χ0n) is 11.9. The van der Waals surface area contributed by atoms with Gasteiger partial charge in [0.05, 0.1) is 6.61 Å². The van der Waals surface area contributed by atoms with Crippen LogP contribution in [-0.4, -0.2) is 29.2 Å². The van der Waals surface area contributed by atoms with Crippen molar-refractivity contribution >= 4 is 5.78 Å². The number of carbonyl (C=O) groups excluding carboxylic acids is 1. The predicted octanol–water partition coefficient (Wildman–Crippen LogP) is 2.83. The highest BCUT2D eigenvalue weighted by molar-refractivity contribution is 5.79. The van der Waals surface area contributed by atoms with Crippen LogP contribution in [0.2, 0.25) is 0 Å². The first-order chi connectivity index (χ1) is 9.77. The molecule has 1 unspecified atom stereocenters. The first-order valence-electron chi connectivity index (χ1n) is 7.21. The van der Waals surface area contributed by atoms with E-state index in [-0.39, 0.29) is 24.9 Å². The van der Waals surface area contributed by atoms with Crippen LogP contribution in [0.4, 0.5) is 0 Å². The van der Waals surface area contributed by atoms with Crippen molar-refractivity contribution in [2.24, 2.45) is 0 Å². The maximum Gasteiger partial charge on any atom is 0.133 e. The lowest BCUT2D eigenvalue weighted by Gasteiger charge is -2.15. The highest BCUT2D eigenvalue weighted by Crippen LogP contribution is 2.25. The zero-order valence-corrected chi connectivity index (χ0v) is 11.9. The van der Waals surface area contributed by atoms with E-state index in [1.165, 1.54) is 0 Å². The molecule has 0 aliphatic heterocycles. The second-order valence-electron chi connectivity index (χ2n) is 4.92. The summed E-state index contributed by atoms with van der Waals surface area (Å²) in [6.45, 7) is 0.181. The summed E-state index contributed by atoms with van der Waals surface area (Å²) >= 11 is 0. The minimum absolute atomic E-state index is 0.0337. The van der Waals surface area contributed by atoms with Crippen LogP contribution in [-0.2, 0) is 4.79 Å². The maximum atomic E-state index is 12.0. The van der Waals surface area contributed by atoms with Gasteiger partial charge in [-0.25, -0.2) is 0 Å². The Morgan fingerprint density at radius 2 is 1.85 bits per heavy atom. The Kier molecular flexibility index (Phi) is 8.59. The number of hydrogen-bond donors (Lipinski definition) is 2. The van der Waals surface area contributed by atoms with Gasteiger partial charge in [0.15, 0.2) is 0 Å². The average Bonchev–Trinajstić information content (AvgIpc) is 2.47. The van der Waals surface area contributed by atoms with E-state index in [1.54, 1.807) is 6.08 Å². The number of rotatable bonds is 10. The summed E-state index contributed by atoms with van der Waals surface area (Å²) < 4.78 is 0. The molecule has 3 heteroatoms. The van der Waals surface area contributed by atoms with Crippen molar-refractivity contribution in [1.29, 1.82) is 0 Å². The second-order valence-corrected chi connectivity index (χ2v) is 4.92. The molecule has 0 heterocycles. The standard InChI is InChI=1S/C17H24O3/c18-12-6-4-10-16(15-8-2-1-3-9-15)14-17(20)11-5-7-13-19/h1-4,6,8-9,16,18-19H,5,7,10-14H2/b6-4+. The molecular weight excluding hydrogens is 252 g/mol. The number of allylic oxidation sites excluding steroid dienone is 1. The zero-order chi connectivity index (χ0) is 14.6. The molecule has 0 aliphatic rings. The third-order valence-electron chi connectivity index (χ3n) is 3.30. The third kappa shape index (κ3) is 6.64. The number of unbranched alkanes of at least 4 members (excludes halogenated alkanes) is 1. The van der Waals surface area contributed by atoms with Crippen molar-refractivity contribution in [2.45, 2.75) is 38.0 Å². The first kappa shape index (κ1) is 16.6. The van der Waals surface area contributed by atoms with Gasteiger partial charge in [0.25, 0.3) is 0 Å². The van der Waals surface area contributed by atoms with E-state index < -0.39 is 0 Å². The van der Waals surface area contributed by atoms with Crippen molar-refractivity contribution in [2.75, 3.05) is 13.2 Å². The quantitative estimate of drug-likeness (QED) is 0.510. The fourth-order valence-electron chi connectivity index (χ4n) is 2.21. The van der Waals surface area contributed by atoms with Crippen LogP contribution in [0, 0.1) is 0 Å². The SMILES string of the molecule is O=C(CCCCO)CC(C/C=C/CO)c1ccccc1. The summed E-state index contributed by atoms with van der Waals surface area (Å²) in [5.41, 5.74) is 1.16. The molecule has 1 rings (SSSR count). The maximum absolute atomic E-state index is 12.0. The number of aliphatic hydroxyl groups is 2. The fraction of sp³-hybridized carbons (Fsp3) is 0.471. The van der Waals surface area contributed by atoms with Crippen LogP contribution in [0.1, 0.15) is 43.6 Å². The van der Waals surface area contributed by atoms with E-state index in [2.05, 4.69) is 0 Å². The van der Waals surface area contributed by atoms with Gasteiger partial charge in [0.2, 0.25) is 0 Å². The summed E-state index contributed by atoms with van der Waals surface area (Å²) in [5.74, 6) is 0.408. The highest BCUT2D eigenvalue weighted by atomic mass is 16.3. The molecule has 0 aromatic heterocycles. The molecule has 3 nitrogen and oxygen atoms in total. The van der Waals surface area contributed by atoms with E-state index in [0.29, 0.717) is 19.3 Å². The lowest BCUT2D eigenvalue weighted by molar-refractivity contribution is -0.119. The molecule has 20 heavy (non-hydrogen) atoms. The molecule has 1 aromatic rings. The van der Waals surface area contributed by atoms with Gasteiger partial charge in [-0.1, -0.05) is 42.5 Å². The summed E-state index contributed by atoms with van der Waals surface area (Å²) in [4.78, 5) is 12.0. The van der Waals surface area contributed by atoms with Gasteiger partial charge in [-0.05, 0) is 30.7 Å². The van der Waals surface area contributed by atoms with E-state index >= 15 is 0 Å². The third-order valence-corrected chi connectivity index (χ3v) is 3.30. The van der Waals surface area contributed by atoms with Gasteiger partial charge in [-0.2, -0.15) is 0 Å². The monoisotopic (exact) mass is 276 g/mol. The minimum Gasteiger partial charge on any atom is -0.396 e. The first-order valence-corrected chi connectivity index (χ1v) is 7.21. The molecule has 0 spiro atoms. The van der Waals surface area contributed by atoms with Crippen LogP contribution >= 0.6 is 0 Å². The molecule has 0 aliphatic carbocycles. The molecule has 0 fully saturated rings. The van der Waals surface area contributed by atoms with Gasteiger partial charge in [0, 0.05) is 19.4 Å². The van der Waals surface area contributed by atoms with E-state index in [1.807, 2.05) is 36.4 Å². The number of benzene rings is 1. The lowest BCUT2D eigenvalue weighted by Crippen LogP contribution is -2.07. The molecule has 1 atom stereocenters. The van der Waals surface area contributed by atoms with E-state index in [4.69, 9.17) is 10.2 Å². The number of aliphatic hydroxyl groups excluding tert-OH is 2. The van der Waals surface area contributed by atoms with E-state index in [0.717, 1.165) is 18.4 Å². The van der Waals surface area contributed by atoms with Crippen LogP contribution in [0.15, 0.2) is 42.5 Å². The summed E-state index contributed by atoms with van der Waals surface area (Å²) in [7, 11) is 0. The Morgan fingerprint density at radius 1 is 1.10 bits per heavy atom. The largest absolute Gasteiger partial charge is 0.396 e. The van der Waals surface area contributed by atoms with Crippen molar-refractivity contribution < 1.29 is 15.0 Å². The molecule has 2 N–H and O–H groups in total. The number of carbonyl (C=O) groups is 1. The summed E-state index contributed by atoms with van der Waals surface area (Å²) in [6.07, 6.45) is 6.90. The van der Waals surface area contributed by atoms with Gasteiger partial charge < -0.3 is 10.2 Å². The van der Waals surface area contributed by atoms with Crippen LogP contribution < -0.4 is 0 Å². The van der Waals surface area contributed by atoms with Crippen LogP contribution in [0.25, 0.3) is 0 Å².